The molecule has 2 aromatic heterocycles. The largest absolute Gasteiger partial charge is 0.490 e. The Kier molecular flexibility index (Phi) is 7.18. The van der Waals surface area contributed by atoms with E-state index < -0.39 is 5.91 Å². The van der Waals surface area contributed by atoms with Gasteiger partial charge in [-0.3, -0.25) is 9.59 Å². The Hall–Kier alpha value is -3.76. The van der Waals surface area contributed by atoms with E-state index in [1.807, 2.05) is 32.9 Å². The molecular weight excluding hydrogens is 573 g/mol. The summed E-state index contributed by atoms with van der Waals surface area (Å²) >= 11 is 4.87. The highest BCUT2D eigenvalue weighted by Crippen LogP contribution is 2.34. The van der Waals surface area contributed by atoms with Crippen LogP contribution in [0, 0.1) is 19.7 Å². The fraction of sp³-hybridized carbons (Fsp3) is 0.179. The summed E-state index contributed by atoms with van der Waals surface area (Å²) in [5, 5.41) is 2.65. The highest BCUT2D eigenvalue weighted by molar-refractivity contribution is 9.10. The summed E-state index contributed by atoms with van der Waals surface area (Å²) in [4.78, 5) is 30.9. The normalized spacial score (nSPS) is 11.9. The molecule has 2 heterocycles. The van der Waals surface area contributed by atoms with Crippen molar-refractivity contribution in [3.63, 3.8) is 0 Å². The Bertz CT molecular complexity index is 1800. The molecule has 0 atom stereocenters. The lowest BCUT2D eigenvalue weighted by molar-refractivity contribution is -0.118. The summed E-state index contributed by atoms with van der Waals surface area (Å²) < 4.78 is 27.4. The first-order valence-corrected chi connectivity index (χ1v) is 13.4. The number of nitrogens with one attached hydrogen (secondary N) is 1. The Morgan fingerprint density at radius 1 is 1.11 bits per heavy atom. The van der Waals surface area contributed by atoms with Gasteiger partial charge in [0.25, 0.3) is 11.5 Å². The highest BCUT2D eigenvalue weighted by atomic mass is 79.9. The van der Waals surface area contributed by atoms with Gasteiger partial charge in [-0.15, -0.1) is 0 Å². The number of benzene rings is 3. The quantitative estimate of drug-likeness (QED) is 0.273. The molecule has 7 nitrogen and oxygen atoms in total. The van der Waals surface area contributed by atoms with Gasteiger partial charge in [-0.25, -0.2) is 13.8 Å². The van der Waals surface area contributed by atoms with Crippen LogP contribution in [-0.2, 0) is 4.79 Å². The van der Waals surface area contributed by atoms with E-state index in [1.165, 1.54) is 35.6 Å². The topological polar surface area (TPSA) is 81.9 Å². The first kappa shape index (κ1) is 25.9. The molecule has 0 spiro atoms. The second kappa shape index (κ2) is 10.5. The monoisotopic (exact) mass is 595 g/mol. The summed E-state index contributed by atoms with van der Waals surface area (Å²) in [6, 6.07) is 12.9. The average molecular weight is 596 g/mol. The number of halogens is 2. The fourth-order valence-corrected chi connectivity index (χ4v) is 5.39. The number of ether oxygens (including phenoxy) is 2. The number of thiazole rings is 1. The molecule has 0 saturated heterocycles. The van der Waals surface area contributed by atoms with Crippen molar-refractivity contribution in [2.24, 2.45) is 0 Å². The maximum absolute atomic E-state index is 13.3. The minimum Gasteiger partial charge on any atom is -0.490 e. The van der Waals surface area contributed by atoms with Crippen molar-refractivity contribution < 1.29 is 18.7 Å². The van der Waals surface area contributed by atoms with E-state index >= 15 is 0 Å². The molecule has 194 valence electrons. The van der Waals surface area contributed by atoms with Crippen LogP contribution >= 0.6 is 27.3 Å². The molecular formula is C28H23BrFN3O4S. The van der Waals surface area contributed by atoms with Gasteiger partial charge in [0, 0.05) is 10.2 Å². The molecule has 10 heteroatoms. The van der Waals surface area contributed by atoms with Gasteiger partial charge in [-0.1, -0.05) is 27.3 Å². The van der Waals surface area contributed by atoms with E-state index in [2.05, 4.69) is 26.2 Å². The number of aryl methyl sites for hydroxylation is 2. The van der Waals surface area contributed by atoms with Crippen LogP contribution in [0.1, 0.15) is 23.6 Å². The number of aromatic nitrogens is 2. The number of imidazole rings is 1. The van der Waals surface area contributed by atoms with Crippen molar-refractivity contribution in [2.45, 2.75) is 20.8 Å². The standard InChI is InChI=1S/C28H23BrFN3O4S/c1-4-36-23-11-17(20(29)13-24(23)37-14-26(34)31-19-7-5-18(30)6-8-19)12-25-27(35)33-22-10-16(3)15(2)9-21(22)32-28(33)38-25/h5-13H,4,14H2,1-3H3,(H,31,34)/b25-12-. The Morgan fingerprint density at radius 2 is 1.82 bits per heavy atom. The molecule has 0 unspecified atom stereocenters. The number of anilines is 1. The van der Waals surface area contributed by atoms with E-state index in [-0.39, 0.29) is 18.0 Å². The van der Waals surface area contributed by atoms with E-state index in [0.29, 0.717) is 37.8 Å². The molecule has 0 saturated carbocycles. The minimum atomic E-state index is -0.401. The van der Waals surface area contributed by atoms with Crippen LogP contribution in [0.25, 0.3) is 22.1 Å². The maximum Gasteiger partial charge on any atom is 0.274 e. The van der Waals surface area contributed by atoms with Crippen LogP contribution in [0.3, 0.4) is 0 Å². The molecule has 5 rings (SSSR count). The van der Waals surface area contributed by atoms with Crippen molar-refractivity contribution in [3.05, 3.63) is 90.4 Å². The molecule has 1 N–H and O–H groups in total. The van der Waals surface area contributed by atoms with Gasteiger partial charge in [-0.05, 0) is 92.1 Å². The van der Waals surface area contributed by atoms with E-state index in [4.69, 9.17) is 9.47 Å². The molecule has 0 fully saturated rings. The SMILES string of the molecule is CCOc1cc(/C=c2\sc3nc4cc(C)c(C)cc4n3c2=O)c(Br)cc1OCC(=O)Nc1ccc(F)cc1. The summed E-state index contributed by atoms with van der Waals surface area (Å²) in [5.41, 5.74) is 4.86. The van der Waals surface area contributed by atoms with Crippen LogP contribution in [0.15, 0.2) is 57.8 Å². The zero-order valence-electron chi connectivity index (χ0n) is 20.8. The summed E-state index contributed by atoms with van der Waals surface area (Å²) in [7, 11) is 0. The van der Waals surface area contributed by atoms with Gasteiger partial charge in [-0.2, -0.15) is 0 Å². The molecule has 0 aliphatic heterocycles. The van der Waals surface area contributed by atoms with E-state index in [1.54, 1.807) is 22.6 Å². The maximum atomic E-state index is 13.3. The zero-order chi connectivity index (χ0) is 27.0. The lowest BCUT2D eigenvalue weighted by Gasteiger charge is -2.14. The van der Waals surface area contributed by atoms with Crippen LogP contribution in [0.5, 0.6) is 11.5 Å². The molecule has 0 radical (unpaired) electrons. The first-order chi connectivity index (χ1) is 18.2. The Labute approximate surface area is 229 Å². The van der Waals surface area contributed by atoms with Crippen molar-refractivity contribution in [2.75, 3.05) is 18.5 Å². The molecule has 3 aromatic carbocycles. The van der Waals surface area contributed by atoms with Gasteiger partial charge in [0.05, 0.1) is 22.2 Å². The lowest BCUT2D eigenvalue weighted by Crippen LogP contribution is -2.22. The molecule has 1 amide bonds. The number of carbonyl (C=O) groups is 1. The molecule has 0 bridgehead atoms. The van der Waals surface area contributed by atoms with Crippen molar-refractivity contribution in [1.29, 1.82) is 0 Å². The van der Waals surface area contributed by atoms with Gasteiger partial charge in [0.1, 0.15) is 5.82 Å². The number of hydrogen-bond acceptors (Lipinski definition) is 6. The van der Waals surface area contributed by atoms with Gasteiger partial charge in [0.2, 0.25) is 0 Å². The van der Waals surface area contributed by atoms with Gasteiger partial charge in [0.15, 0.2) is 23.1 Å². The number of hydrogen-bond donors (Lipinski definition) is 1. The fourth-order valence-electron chi connectivity index (χ4n) is 3.98. The highest BCUT2D eigenvalue weighted by Gasteiger charge is 2.15. The average Bonchev–Trinajstić information content (AvgIpc) is 3.37. The third-order valence-corrected chi connectivity index (χ3v) is 7.65. The van der Waals surface area contributed by atoms with E-state index in [9.17, 15) is 14.0 Å². The first-order valence-electron chi connectivity index (χ1n) is 11.8. The summed E-state index contributed by atoms with van der Waals surface area (Å²) in [6.07, 6.45) is 1.78. The van der Waals surface area contributed by atoms with E-state index in [0.717, 1.165) is 27.7 Å². The minimum absolute atomic E-state index is 0.140. The van der Waals surface area contributed by atoms with Crippen LogP contribution < -0.4 is 24.9 Å². The molecule has 5 aromatic rings. The van der Waals surface area contributed by atoms with Crippen molar-refractivity contribution in [3.8, 4) is 11.5 Å². The Balaban J connectivity index is 1.44. The van der Waals surface area contributed by atoms with Crippen molar-refractivity contribution in [1.82, 2.24) is 9.38 Å². The number of nitrogens with zero attached hydrogens (tertiary/aromatic N) is 2. The molecule has 38 heavy (non-hydrogen) atoms. The lowest BCUT2D eigenvalue weighted by atomic mass is 10.1. The Morgan fingerprint density at radius 3 is 2.55 bits per heavy atom. The molecule has 0 aliphatic rings. The predicted octanol–water partition coefficient (Wildman–Crippen LogP) is 5.39. The third kappa shape index (κ3) is 5.14. The molecule has 0 aliphatic carbocycles. The predicted molar refractivity (Wildman–Crippen MR) is 151 cm³/mol. The third-order valence-electron chi connectivity index (χ3n) is 5.99. The summed E-state index contributed by atoms with van der Waals surface area (Å²) in [5.74, 6) is 0.00941. The smallest absolute Gasteiger partial charge is 0.274 e. The van der Waals surface area contributed by atoms with Gasteiger partial charge < -0.3 is 14.8 Å². The number of fused-ring (bicyclic) bond motifs is 3. The van der Waals surface area contributed by atoms with Crippen LogP contribution in [0.2, 0.25) is 0 Å². The van der Waals surface area contributed by atoms with Gasteiger partial charge >= 0.3 is 0 Å². The second-order valence-electron chi connectivity index (χ2n) is 8.67. The number of amides is 1. The van der Waals surface area contributed by atoms with Crippen LogP contribution in [0.4, 0.5) is 10.1 Å². The van der Waals surface area contributed by atoms with Crippen LogP contribution in [-0.4, -0.2) is 28.5 Å². The zero-order valence-corrected chi connectivity index (χ0v) is 23.2. The number of carbonyl (C=O) groups excluding carboxylic acids is 1. The number of rotatable bonds is 7. The van der Waals surface area contributed by atoms with Crippen molar-refractivity contribution >= 4 is 60.9 Å². The summed E-state index contributed by atoms with van der Waals surface area (Å²) in [6.45, 7) is 5.99. The second-order valence-corrected chi connectivity index (χ2v) is 10.5.